The summed E-state index contributed by atoms with van der Waals surface area (Å²) >= 11 is 0. The van der Waals surface area contributed by atoms with Crippen molar-refractivity contribution < 1.29 is 14.3 Å². The van der Waals surface area contributed by atoms with E-state index in [9.17, 15) is 9.59 Å². The van der Waals surface area contributed by atoms with Gasteiger partial charge in [-0.15, -0.1) is 0 Å². The van der Waals surface area contributed by atoms with Crippen molar-refractivity contribution in [2.24, 2.45) is 0 Å². The summed E-state index contributed by atoms with van der Waals surface area (Å²) in [5, 5.41) is 0. The number of amides is 1. The molecule has 42 heavy (non-hydrogen) atoms. The predicted octanol–water partition coefficient (Wildman–Crippen LogP) is 7.46. The van der Waals surface area contributed by atoms with Gasteiger partial charge in [-0.2, -0.15) is 0 Å². The van der Waals surface area contributed by atoms with Gasteiger partial charge in [0, 0.05) is 43.0 Å². The van der Waals surface area contributed by atoms with Crippen molar-refractivity contribution in [3.63, 3.8) is 0 Å². The van der Waals surface area contributed by atoms with Crippen molar-refractivity contribution in [1.29, 1.82) is 0 Å². The molecule has 2 aromatic heterocycles. The van der Waals surface area contributed by atoms with Gasteiger partial charge < -0.3 is 18.9 Å². The van der Waals surface area contributed by atoms with E-state index >= 15 is 0 Å². The average Bonchev–Trinajstić information content (AvgIpc) is 3.38. The third-order valence-electron chi connectivity index (χ3n) is 8.16. The van der Waals surface area contributed by atoms with E-state index < -0.39 is 0 Å². The van der Waals surface area contributed by atoms with Crippen LogP contribution in [0.1, 0.15) is 110 Å². The number of unbranched alkanes of at least 4 members (excludes halogenated alkanes) is 3. The van der Waals surface area contributed by atoms with Crippen LogP contribution in [0.25, 0.3) is 5.52 Å². The second-order valence-electron chi connectivity index (χ2n) is 11.4. The minimum atomic E-state index is -0.0179. The third kappa shape index (κ3) is 9.27. The molecule has 6 nitrogen and oxygen atoms in total. The molecule has 0 bridgehead atoms. The number of rotatable bonds is 20. The summed E-state index contributed by atoms with van der Waals surface area (Å²) in [7, 11) is 1.65. The maximum absolute atomic E-state index is 13.9. The van der Waals surface area contributed by atoms with Crippen LogP contribution < -0.4 is 0 Å². The molecule has 3 aromatic rings. The molecule has 0 atom stereocenters. The lowest BCUT2D eigenvalue weighted by Gasteiger charge is -2.21. The number of aryl methyl sites for hydroxylation is 2. The molecular weight excluding hydrogens is 522 g/mol. The molecule has 1 amide bonds. The number of carbonyl (C=O) groups excluding carboxylic acids is 2. The molecule has 0 unspecified atom stereocenters. The molecule has 0 aliphatic carbocycles. The van der Waals surface area contributed by atoms with Crippen LogP contribution in [0.3, 0.4) is 0 Å². The van der Waals surface area contributed by atoms with Crippen molar-refractivity contribution in [1.82, 2.24) is 14.2 Å². The third-order valence-corrected chi connectivity index (χ3v) is 8.16. The van der Waals surface area contributed by atoms with Crippen molar-refractivity contribution >= 4 is 17.2 Å². The summed E-state index contributed by atoms with van der Waals surface area (Å²) in [4.78, 5) is 31.5. The molecule has 230 valence electrons. The summed E-state index contributed by atoms with van der Waals surface area (Å²) in [6, 6.07) is 14.0. The Hall–Kier alpha value is -2.96. The van der Waals surface area contributed by atoms with Gasteiger partial charge in [-0.25, -0.2) is 0 Å². The first-order chi connectivity index (χ1) is 20.5. The number of likely N-dealkylation sites (N-methyl/N-ethyl adjacent to an activating group) is 1. The molecule has 0 radical (unpaired) electrons. The Kier molecular flexibility index (Phi) is 14.3. The fourth-order valence-corrected chi connectivity index (χ4v) is 5.53. The lowest BCUT2D eigenvalue weighted by atomic mass is 10.00. The van der Waals surface area contributed by atoms with Gasteiger partial charge in [0.25, 0.3) is 5.91 Å². The maximum Gasteiger partial charge on any atom is 0.254 e. The quantitative estimate of drug-likeness (QED) is 0.131. The second kappa shape index (κ2) is 17.9. The van der Waals surface area contributed by atoms with Crippen LogP contribution in [0.5, 0.6) is 0 Å². The molecule has 0 saturated carbocycles. The molecule has 2 heterocycles. The van der Waals surface area contributed by atoms with Crippen LogP contribution in [0, 0.1) is 0 Å². The van der Waals surface area contributed by atoms with Crippen LogP contribution in [-0.4, -0.2) is 72.3 Å². The van der Waals surface area contributed by atoms with Crippen molar-refractivity contribution in [2.45, 2.75) is 85.5 Å². The Bertz CT molecular complexity index is 1240. The average molecular weight is 576 g/mol. The number of ether oxygens (including phenoxy) is 1. The van der Waals surface area contributed by atoms with Crippen molar-refractivity contribution in [2.75, 3.05) is 46.4 Å². The highest BCUT2D eigenvalue weighted by Crippen LogP contribution is 2.24. The number of pyridine rings is 1. The normalized spacial score (nSPS) is 11.5. The molecule has 1 aromatic carbocycles. The first-order valence-corrected chi connectivity index (χ1v) is 16.2. The minimum Gasteiger partial charge on any atom is -0.383 e. The van der Waals surface area contributed by atoms with Crippen LogP contribution in [0.4, 0.5) is 0 Å². The zero-order valence-corrected chi connectivity index (χ0v) is 26.8. The van der Waals surface area contributed by atoms with Gasteiger partial charge in [0.05, 0.1) is 12.3 Å². The summed E-state index contributed by atoms with van der Waals surface area (Å²) in [5.41, 5.74) is 5.25. The maximum atomic E-state index is 13.9. The van der Waals surface area contributed by atoms with E-state index in [1.165, 1.54) is 44.3 Å². The zero-order chi connectivity index (χ0) is 30.3. The summed E-state index contributed by atoms with van der Waals surface area (Å²) in [6.07, 6.45) is 11.9. The van der Waals surface area contributed by atoms with E-state index in [4.69, 9.17) is 4.74 Å². The number of benzene rings is 1. The lowest BCUT2D eigenvalue weighted by Crippen LogP contribution is -2.33. The van der Waals surface area contributed by atoms with Gasteiger partial charge in [0.1, 0.15) is 0 Å². The van der Waals surface area contributed by atoms with E-state index in [-0.39, 0.29) is 11.7 Å². The largest absolute Gasteiger partial charge is 0.383 e. The molecule has 0 aliphatic rings. The van der Waals surface area contributed by atoms with Gasteiger partial charge >= 0.3 is 0 Å². The highest BCUT2D eigenvalue weighted by Gasteiger charge is 2.21. The van der Waals surface area contributed by atoms with Crippen LogP contribution in [0.2, 0.25) is 0 Å². The zero-order valence-electron chi connectivity index (χ0n) is 26.8. The Balaban J connectivity index is 1.77. The number of aromatic nitrogens is 1. The first kappa shape index (κ1) is 33.5. The molecule has 0 saturated heterocycles. The van der Waals surface area contributed by atoms with E-state index in [1.54, 1.807) is 12.0 Å². The smallest absolute Gasteiger partial charge is 0.254 e. The van der Waals surface area contributed by atoms with Crippen LogP contribution >= 0.6 is 0 Å². The van der Waals surface area contributed by atoms with E-state index in [1.807, 2.05) is 41.8 Å². The highest BCUT2D eigenvalue weighted by molar-refractivity contribution is 6.10. The number of ketones is 1. The van der Waals surface area contributed by atoms with Gasteiger partial charge in [0.15, 0.2) is 0 Å². The minimum absolute atomic E-state index is 0.0179. The number of hydrogen-bond acceptors (Lipinski definition) is 4. The number of fused-ring (bicyclic) bond motifs is 1. The second-order valence-corrected chi connectivity index (χ2v) is 11.4. The van der Waals surface area contributed by atoms with Gasteiger partial charge in [0.2, 0.25) is 5.78 Å². The monoisotopic (exact) mass is 575 g/mol. The van der Waals surface area contributed by atoms with Gasteiger partial charge in [-0.1, -0.05) is 64.3 Å². The topological polar surface area (TPSA) is 54.3 Å². The standard InChI is InChI=1S/C36H53N3O3/c1-6-10-15-31-27-33-28-32(36(41)38(9-4)25-26-42-5)20-24-39(33)34(31)35(40)30-18-16-29(17-19-30)14-13-23-37(21-11-7-2)22-12-8-3/h16-20,24,27-28H,6-15,21-23,25-26H2,1-5H3. The SMILES string of the molecule is CCCCc1cc2cc(C(=O)N(CC)CCOC)ccn2c1C(=O)c1ccc(CCCN(CCCC)CCCC)cc1. The first-order valence-electron chi connectivity index (χ1n) is 16.2. The van der Waals surface area contributed by atoms with Crippen molar-refractivity contribution in [3.8, 4) is 0 Å². The summed E-state index contributed by atoms with van der Waals surface area (Å²) in [6.45, 7) is 13.8. The van der Waals surface area contributed by atoms with Crippen LogP contribution in [0.15, 0.2) is 48.7 Å². The Labute approximate surface area is 254 Å². The molecule has 0 N–H and O–H groups in total. The Morgan fingerprint density at radius 1 is 0.762 bits per heavy atom. The number of hydrogen-bond donors (Lipinski definition) is 0. The fraction of sp³-hybridized carbons (Fsp3) is 0.556. The van der Waals surface area contributed by atoms with Crippen molar-refractivity contribution in [3.05, 3.63) is 76.6 Å². The lowest BCUT2D eigenvalue weighted by molar-refractivity contribution is 0.0706. The number of carbonyl (C=O) groups is 2. The number of methoxy groups -OCH3 is 1. The molecular formula is C36H53N3O3. The molecule has 3 rings (SSSR count). The fourth-order valence-electron chi connectivity index (χ4n) is 5.53. The molecule has 0 fully saturated rings. The number of nitrogens with zero attached hydrogens (tertiary/aromatic N) is 3. The summed E-state index contributed by atoms with van der Waals surface area (Å²) in [5.74, 6) is 0.0167. The van der Waals surface area contributed by atoms with E-state index in [0.29, 0.717) is 36.5 Å². The Morgan fingerprint density at radius 2 is 1.43 bits per heavy atom. The predicted molar refractivity (Wildman–Crippen MR) is 174 cm³/mol. The van der Waals surface area contributed by atoms with E-state index in [2.05, 4.69) is 43.9 Å². The Morgan fingerprint density at radius 3 is 2.05 bits per heavy atom. The molecule has 0 aliphatic heterocycles. The molecule has 0 spiro atoms. The van der Waals surface area contributed by atoms with Gasteiger partial charge in [-0.05, 0) is 94.4 Å². The highest BCUT2D eigenvalue weighted by atomic mass is 16.5. The summed E-state index contributed by atoms with van der Waals surface area (Å²) < 4.78 is 7.14. The van der Waals surface area contributed by atoms with E-state index in [0.717, 1.165) is 49.7 Å². The van der Waals surface area contributed by atoms with Crippen LogP contribution in [-0.2, 0) is 17.6 Å². The molecule has 6 heteroatoms. The van der Waals surface area contributed by atoms with Gasteiger partial charge in [-0.3, -0.25) is 9.59 Å².